The Hall–Kier alpha value is -0.660. The van der Waals surface area contributed by atoms with Crippen LogP contribution in [0, 0.1) is 0 Å². The summed E-state index contributed by atoms with van der Waals surface area (Å²) in [6, 6.07) is 0. The van der Waals surface area contributed by atoms with Crippen LogP contribution in [0.5, 0.6) is 0 Å². The Labute approximate surface area is 133 Å². The van der Waals surface area contributed by atoms with Crippen LogP contribution in [0.1, 0.15) is 39.0 Å². The molecule has 128 valence electrons. The topological polar surface area (TPSA) is 77.9 Å². The highest BCUT2D eigenvalue weighted by Crippen LogP contribution is 2.38. The summed E-state index contributed by atoms with van der Waals surface area (Å²) in [5.41, 5.74) is 0. The number of aliphatic hydroxyl groups excluding tert-OH is 1. The molecule has 6 nitrogen and oxygen atoms in total. The Bertz CT molecular complexity index is 492. The summed E-state index contributed by atoms with van der Waals surface area (Å²) in [4.78, 5) is 16.7. The summed E-state index contributed by atoms with van der Waals surface area (Å²) in [5, 5.41) is 9.70. The van der Waals surface area contributed by atoms with Gasteiger partial charge in [-0.3, -0.25) is 9.69 Å². The highest BCUT2D eigenvalue weighted by molar-refractivity contribution is 7.92. The largest absolute Gasteiger partial charge is 0.392 e. The van der Waals surface area contributed by atoms with Crippen molar-refractivity contribution in [1.82, 2.24) is 9.80 Å². The van der Waals surface area contributed by atoms with Gasteiger partial charge in [-0.05, 0) is 19.3 Å². The molecule has 1 saturated carbocycles. The molecule has 7 heteroatoms. The van der Waals surface area contributed by atoms with E-state index < -0.39 is 14.6 Å². The molecule has 0 radical (unpaired) electrons. The minimum absolute atomic E-state index is 0.205. The Balaban J connectivity index is 2.00. The summed E-state index contributed by atoms with van der Waals surface area (Å²) < 4.78 is 23.2. The summed E-state index contributed by atoms with van der Waals surface area (Å²) in [6.45, 7) is 5.06. The van der Waals surface area contributed by atoms with Crippen molar-refractivity contribution < 1.29 is 18.3 Å². The molecule has 2 rings (SSSR count). The Morgan fingerprint density at radius 3 is 2.18 bits per heavy atom. The number of hydrogen-bond donors (Lipinski definition) is 1. The maximum atomic E-state index is 12.8. The maximum Gasteiger partial charge on any atom is 0.244 e. The van der Waals surface area contributed by atoms with E-state index in [-0.39, 0.29) is 12.0 Å². The number of sulfone groups is 1. The zero-order valence-electron chi connectivity index (χ0n) is 13.6. The van der Waals surface area contributed by atoms with Crippen LogP contribution in [-0.2, 0) is 14.6 Å². The number of piperazine rings is 1. The minimum Gasteiger partial charge on any atom is -0.392 e. The van der Waals surface area contributed by atoms with Crippen LogP contribution in [0.2, 0.25) is 0 Å². The van der Waals surface area contributed by atoms with Gasteiger partial charge in [0.05, 0.1) is 6.10 Å². The van der Waals surface area contributed by atoms with Crippen molar-refractivity contribution in [2.24, 2.45) is 0 Å². The quantitative estimate of drug-likeness (QED) is 0.781. The first-order valence-electron chi connectivity index (χ1n) is 8.19. The van der Waals surface area contributed by atoms with E-state index in [1.54, 1.807) is 4.90 Å². The van der Waals surface area contributed by atoms with Gasteiger partial charge in [0, 0.05) is 39.0 Å². The number of amides is 1. The van der Waals surface area contributed by atoms with E-state index >= 15 is 0 Å². The highest BCUT2D eigenvalue weighted by Gasteiger charge is 2.51. The lowest BCUT2D eigenvalue weighted by molar-refractivity contribution is -0.135. The van der Waals surface area contributed by atoms with Gasteiger partial charge in [0.15, 0.2) is 14.6 Å². The molecule has 0 aromatic heterocycles. The van der Waals surface area contributed by atoms with Crippen LogP contribution in [-0.4, -0.2) is 79.1 Å². The average molecular weight is 332 g/mol. The van der Waals surface area contributed by atoms with Crippen molar-refractivity contribution in [3.05, 3.63) is 0 Å². The van der Waals surface area contributed by atoms with E-state index in [1.807, 2.05) is 6.92 Å². The number of β-amino-alcohol motifs (C(OH)–C–C–N with tert-alkyl or cyclic N) is 1. The van der Waals surface area contributed by atoms with Gasteiger partial charge >= 0.3 is 0 Å². The van der Waals surface area contributed by atoms with Crippen LogP contribution in [0.3, 0.4) is 0 Å². The second-order valence-corrected chi connectivity index (χ2v) is 8.95. The third-order valence-electron chi connectivity index (χ3n) is 5.11. The fourth-order valence-electron chi connectivity index (χ4n) is 3.54. The van der Waals surface area contributed by atoms with Crippen LogP contribution in [0.4, 0.5) is 0 Å². The van der Waals surface area contributed by atoms with Gasteiger partial charge in [-0.15, -0.1) is 0 Å². The molecule has 1 amide bonds. The summed E-state index contributed by atoms with van der Waals surface area (Å²) in [5.74, 6) is -0.205. The lowest BCUT2D eigenvalue weighted by Gasteiger charge is -2.39. The summed E-state index contributed by atoms with van der Waals surface area (Å²) >= 11 is 0. The van der Waals surface area contributed by atoms with Gasteiger partial charge in [0.25, 0.3) is 0 Å². The molecule has 0 spiro atoms. The van der Waals surface area contributed by atoms with Gasteiger partial charge in [-0.2, -0.15) is 0 Å². The van der Waals surface area contributed by atoms with Crippen LogP contribution < -0.4 is 0 Å². The third kappa shape index (κ3) is 3.46. The van der Waals surface area contributed by atoms with Crippen LogP contribution in [0.15, 0.2) is 0 Å². The number of hydrogen-bond acceptors (Lipinski definition) is 5. The van der Waals surface area contributed by atoms with Crippen molar-refractivity contribution in [3.8, 4) is 0 Å². The standard InChI is InChI=1S/C15H28N2O4S/c1-3-13(18)12-16-8-10-17(11-9-16)14(19)15(22(2,20)21)6-4-5-7-15/h13,18H,3-12H2,1-2H3/t13-/m1/s1. The molecule has 22 heavy (non-hydrogen) atoms. The highest BCUT2D eigenvalue weighted by atomic mass is 32.2. The molecule has 2 fully saturated rings. The molecule has 1 aliphatic carbocycles. The zero-order valence-corrected chi connectivity index (χ0v) is 14.4. The van der Waals surface area contributed by atoms with Crippen molar-refractivity contribution in [2.45, 2.75) is 49.9 Å². The molecule has 1 saturated heterocycles. The van der Waals surface area contributed by atoms with Gasteiger partial charge in [-0.1, -0.05) is 19.8 Å². The van der Waals surface area contributed by atoms with Crippen molar-refractivity contribution in [3.63, 3.8) is 0 Å². The number of nitrogens with zero attached hydrogens (tertiary/aromatic N) is 2. The van der Waals surface area contributed by atoms with Gasteiger partial charge in [0.2, 0.25) is 5.91 Å². The smallest absolute Gasteiger partial charge is 0.244 e. The third-order valence-corrected chi connectivity index (χ3v) is 7.11. The molecular weight excluding hydrogens is 304 g/mol. The Morgan fingerprint density at radius 2 is 1.73 bits per heavy atom. The Morgan fingerprint density at radius 1 is 1.18 bits per heavy atom. The Kier molecular flexibility index (Phi) is 5.50. The normalized spacial score (nSPS) is 24.4. The lowest BCUT2D eigenvalue weighted by atomic mass is 10.0. The molecule has 0 bridgehead atoms. The van der Waals surface area contributed by atoms with E-state index in [2.05, 4.69) is 4.90 Å². The lowest BCUT2D eigenvalue weighted by Crippen LogP contribution is -2.57. The van der Waals surface area contributed by atoms with E-state index in [9.17, 15) is 18.3 Å². The van der Waals surface area contributed by atoms with E-state index in [4.69, 9.17) is 0 Å². The molecular formula is C15H28N2O4S. The SMILES string of the molecule is CC[C@@H](O)CN1CCN(C(=O)C2(S(C)(=O)=O)CCCC2)CC1. The van der Waals surface area contributed by atoms with Gasteiger partial charge < -0.3 is 10.0 Å². The molecule has 2 aliphatic rings. The number of rotatable bonds is 5. The maximum absolute atomic E-state index is 12.8. The van der Waals surface area contributed by atoms with Crippen LogP contribution in [0.25, 0.3) is 0 Å². The van der Waals surface area contributed by atoms with Crippen molar-refractivity contribution in [2.75, 3.05) is 39.0 Å². The zero-order chi connectivity index (χ0) is 16.4. The molecule has 1 aliphatic heterocycles. The van der Waals surface area contributed by atoms with Gasteiger partial charge in [-0.25, -0.2) is 8.42 Å². The first kappa shape index (κ1) is 17.7. The van der Waals surface area contributed by atoms with E-state index in [1.165, 1.54) is 6.26 Å². The monoisotopic (exact) mass is 332 g/mol. The molecule has 0 aromatic rings. The fourth-order valence-corrected chi connectivity index (χ4v) is 5.01. The fraction of sp³-hybridized carbons (Fsp3) is 0.933. The summed E-state index contributed by atoms with van der Waals surface area (Å²) in [7, 11) is -3.39. The van der Waals surface area contributed by atoms with Crippen molar-refractivity contribution >= 4 is 15.7 Å². The predicted octanol–water partition coefficient (Wildman–Crippen LogP) is 0.259. The number of carbonyl (C=O) groups excluding carboxylic acids is 1. The first-order chi connectivity index (χ1) is 10.3. The van der Waals surface area contributed by atoms with Crippen LogP contribution >= 0.6 is 0 Å². The minimum atomic E-state index is -3.39. The van der Waals surface area contributed by atoms with Gasteiger partial charge in [0.1, 0.15) is 0 Å². The van der Waals surface area contributed by atoms with E-state index in [0.717, 1.165) is 19.3 Å². The molecule has 0 aromatic carbocycles. The van der Waals surface area contributed by atoms with E-state index in [0.29, 0.717) is 45.6 Å². The second kappa shape index (κ2) is 6.84. The molecule has 1 N–H and O–H groups in total. The van der Waals surface area contributed by atoms with Crippen molar-refractivity contribution in [1.29, 1.82) is 0 Å². The average Bonchev–Trinajstić information content (AvgIpc) is 2.97. The number of carbonyl (C=O) groups is 1. The molecule has 1 heterocycles. The molecule has 1 atom stereocenters. The molecule has 0 unspecified atom stereocenters. The predicted molar refractivity (Wildman–Crippen MR) is 85.4 cm³/mol. The second-order valence-electron chi connectivity index (χ2n) is 6.63. The summed E-state index contributed by atoms with van der Waals surface area (Å²) in [6.07, 6.45) is 4.11. The first-order valence-corrected chi connectivity index (χ1v) is 10.1. The number of aliphatic hydroxyl groups is 1.